The summed E-state index contributed by atoms with van der Waals surface area (Å²) in [6, 6.07) is 5.99. The maximum absolute atomic E-state index is 10.5. The summed E-state index contributed by atoms with van der Waals surface area (Å²) in [4.78, 5) is 7.25. The van der Waals surface area contributed by atoms with Gasteiger partial charge in [0, 0.05) is 11.9 Å². The van der Waals surface area contributed by atoms with Crippen LogP contribution in [0.15, 0.2) is 35.4 Å². The molecule has 1 aromatic heterocycles. The number of nitrogens with zero attached hydrogens (tertiary/aromatic N) is 1. The Morgan fingerprint density at radius 1 is 1.19 bits per heavy atom. The first-order chi connectivity index (χ1) is 9.82. The Labute approximate surface area is 126 Å². The molecule has 0 aliphatic heterocycles. The number of benzene rings is 1. The molecule has 0 saturated carbocycles. The summed E-state index contributed by atoms with van der Waals surface area (Å²) in [7, 11) is -4.02. The molecule has 2 rings (SSSR count). The molecule has 0 aliphatic rings. The quantitative estimate of drug-likeness (QED) is 0.849. The van der Waals surface area contributed by atoms with E-state index in [0.29, 0.717) is 0 Å². The fraction of sp³-hybridized carbons (Fsp3) is 0.400. The molecule has 0 unspecified atom stereocenters. The van der Waals surface area contributed by atoms with Crippen molar-refractivity contribution in [3.8, 4) is 0 Å². The average molecular weight is 310 g/mol. The van der Waals surface area contributed by atoms with Gasteiger partial charge in [-0.1, -0.05) is 31.0 Å². The van der Waals surface area contributed by atoms with Gasteiger partial charge in [-0.3, -0.25) is 4.55 Å². The summed E-state index contributed by atoms with van der Waals surface area (Å²) in [5, 5.41) is 0. The topological polar surface area (TPSA) is 83.0 Å². The van der Waals surface area contributed by atoms with Crippen LogP contribution < -0.4 is 0 Å². The van der Waals surface area contributed by atoms with Crippen molar-refractivity contribution in [2.75, 3.05) is 0 Å². The highest BCUT2D eigenvalue weighted by Gasteiger charge is 2.06. The molecule has 6 heteroatoms. The van der Waals surface area contributed by atoms with Crippen molar-refractivity contribution in [2.45, 2.75) is 44.9 Å². The van der Waals surface area contributed by atoms with Crippen LogP contribution in [-0.2, 0) is 16.5 Å². The molecule has 0 saturated heterocycles. The molecule has 0 fully saturated rings. The highest BCUT2D eigenvalue weighted by Crippen LogP contribution is 2.08. The largest absolute Gasteiger partial charge is 0.346 e. The third-order valence-electron chi connectivity index (χ3n) is 2.87. The highest BCUT2D eigenvalue weighted by atomic mass is 32.2. The van der Waals surface area contributed by atoms with Crippen LogP contribution in [0.3, 0.4) is 0 Å². The Morgan fingerprint density at radius 3 is 2.24 bits per heavy atom. The van der Waals surface area contributed by atoms with E-state index in [1.54, 1.807) is 12.1 Å². The summed E-state index contributed by atoms with van der Waals surface area (Å²) in [5.41, 5.74) is 2.22. The fourth-order valence-corrected chi connectivity index (χ4v) is 2.16. The second-order valence-electron chi connectivity index (χ2n) is 4.89. The molecule has 0 spiro atoms. The Kier molecular flexibility index (Phi) is 6.58. The Morgan fingerprint density at radius 2 is 1.81 bits per heavy atom. The second-order valence-corrected chi connectivity index (χ2v) is 6.31. The van der Waals surface area contributed by atoms with Crippen molar-refractivity contribution < 1.29 is 13.0 Å². The lowest BCUT2D eigenvalue weighted by atomic mass is 10.2. The van der Waals surface area contributed by atoms with Gasteiger partial charge in [-0.2, -0.15) is 8.42 Å². The van der Waals surface area contributed by atoms with Crippen LogP contribution in [0.5, 0.6) is 0 Å². The van der Waals surface area contributed by atoms with Crippen LogP contribution in [0.2, 0.25) is 0 Å². The van der Waals surface area contributed by atoms with Crippen LogP contribution in [0.1, 0.15) is 36.8 Å². The van der Waals surface area contributed by atoms with Crippen molar-refractivity contribution in [1.82, 2.24) is 9.97 Å². The van der Waals surface area contributed by atoms with Crippen molar-refractivity contribution >= 4 is 10.1 Å². The predicted molar refractivity (Wildman–Crippen MR) is 82.9 cm³/mol. The minimum absolute atomic E-state index is 0.0666. The molecule has 2 N–H and O–H groups in total. The molecule has 116 valence electrons. The third-order valence-corrected chi connectivity index (χ3v) is 3.74. The monoisotopic (exact) mass is 310 g/mol. The van der Waals surface area contributed by atoms with Gasteiger partial charge in [0.1, 0.15) is 5.82 Å². The zero-order valence-corrected chi connectivity index (χ0v) is 13.4. The van der Waals surface area contributed by atoms with Crippen LogP contribution in [-0.4, -0.2) is 22.9 Å². The SMILES string of the molecule is CCCCc1cnc(C)[nH]1.Cc1ccc(S(=O)(=O)O)cc1. The van der Waals surface area contributed by atoms with E-state index in [4.69, 9.17) is 4.55 Å². The zero-order chi connectivity index (χ0) is 15.9. The first-order valence-electron chi connectivity index (χ1n) is 6.87. The van der Waals surface area contributed by atoms with Crippen molar-refractivity contribution in [3.63, 3.8) is 0 Å². The Balaban J connectivity index is 0.000000211. The van der Waals surface area contributed by atoms with Gasteiger partial charge >= 0.3 is 0 Å². The first-order valence-corrected chi connectivity index (χ1v) is 8.31. The number of nitrogens with one attached hydrogen (secondary N) is 1. The minimum atomic E-state index is -4.02. The molecule has 1 aromatic carbocycles. The lowest BCUT2D eigenvalue weighted by molar-refractivity contribution is 0.483. The molecule has 2 aromatic rings. The molecule has 0 bridgehead atoms. The maximum atomic E-state index is 10.5. The van der Waals surface area contributed by atoms with Gasteiger partial charge in [-0.25, -0.2) is 4.98 Å². The van der Waals surface area contributed by atoms with Gasteiger partial charge < -0.3 is 4.98 Å². The summed E-state index contributed by atoms with van der Waals surface area (Å²) in [6.07, 6.45) is 5.56. The van der Waals surface area contributed by atoms with Crippen molar-refractivity contribution in [3.05, 3.63) is 47.5 Å². The molecular weight excluding hydrogens is 288 g/mol. The maximum Gasteiger partial charge on any atom is 0.294 e. The minimum Gasteiger partial charge on any atom is -0.346 e. The van der Waals surface area contributed by atoms with Crippen LogP contribution >= 0.6 is 0 Å². The van der Waals surface area contributed by atoms with Gasteiger partial charge in [0.25, 0.3) is 10.1 Å². The second kappa shape index (κ2) is 7.95. The summed E-state index contributed by atoms with van der Waals surface area (Å²) in [6.45, 7) is 6.02. The Bertz CT molecular complexity index is 646. The van der Waals surface area contributed by atoms with Crippen LogP contribution in [0.4, 0.5) is 0 Å². The summed E-state index contributed by atoms with van der Waals surface area (Å²) in [5.74, 6) is 1.02. The number of rotatable bonds is 4. The van der Waals surface area contributed by atoms with Crippen LogP contribution in [0.25, 0.3) is 0 Å². The molecular formula is C15H22N2O3S. The third kappa shape index (κ3) is 6.55. The average Bonchev–Trinajstić information content (AvgIpc) is 2.82. The molecule has 5 nitrogen and oxygen atoms in total. The van der Waals surface area contributed by atoms with Crippen molar-refractivity contribution in [1.29, 1.82) is 0 Å². The van der Waals surface area contributed by atoms with E-state index >= 15 is 0 Å². The number of imidazole rings is 1. The predicted octanol–water partition coefficient (Wildman–Crippen LogP) is 3.30. The number of aryl methyl sites for hydroxylation is 3. The summed E-state index contributed by atoms with van der Waals surface area (Å²) < 4.78 is 29.6. The molecule has 1 heterocycles. The zero-order valence-electron chi connectivity index (χ0n) is 12.6. The lowest BCUT2D eigenvalue weighted by Crippen LogP contribution is -1.96. The smallest absolute Gasteiger partial charge is 0.294 e. The van der Waals surface area contributed by atoms with Gasteiger partial charge in [0.05, 0.1) is 4.90 Å². The van der Waals surface area contributed by atoms with Gasteiger partial charge in [-0.15, -0.1) is 0 Å². The standard InChI is InChI=1S/C8H14N2.C7H8O3S/c1-3-4-5-8-6-9-7(2)10-8;1-6-2-4-7(5-3-6)11(8,9)10/h6H,3-5H2,1-2H3,(H,9,10);2-5H,1H3,(H,8,9,10). The highest BCUT2D eigenvalue weighted by molar-refractivity contribution is 7.85. The van der Waals surface area contributed by atoms with Gasteiger partial charge in [0.2, 0.25) is 0 Å². The Hall–Kier alpha value is -1.66. The normalized spacial score (nSPS) is 10.9. The van der Waals surface area contributed by atoms with E-state index in [1.165, 1.54) is 30.7 Å². The molecule has 21 heavy (non-hydrogen) atoms. The molecule has 0 amide bonds. The van der Waals surface area contributed by atoms with E-state index in [2.05, 4.69) is 16.9 Å². The van der Waals surface area contributed by atoms with Crippen molar-refractivity contribution in [2.24, 2.45) is 0 Å². The van der Waals surface area contributed by atoms with E-state index in [0.717, 1.165) is 17.8 Å². The number of unbranched alkanes of at least 4 members (excludes halogenated alkanes) is 1. The molecule has 0 atom stereocenters. The lowest BCUT2D eigenvalue weighted by Gasteiger charge is -1.95. The van der Waals surface area contributed by atoms with Gasteiger partial charge in [0.15, 0.2) is 0 Å². The number of aromatic amines is 1. The first kappa shape index (κ1) is 17.4. The number of aromatic nitrogens is 2. The number of H-pyrrole nitrogens is 1. The number of hydrogen-bond acceptors (Lipinski definition) is 3. The van der Waals surface area contributed by atoms with Gasteiger partial charge in [-0.05, 0) is 38.8 Å². The number of hydrogen-bond donors (Lipinski definition) is 2. The van der Waals surface area contributed by atoms with E-state index in [9.17, 15) is 8.42 Å². The van der Waals surface area contributed by atoms with Crippen LogP contribution in [0, 0.1) is 13.8 Å². The molecule has 0 radical (unpaired) electrons. The fourth-order valence-electron chi connectivity index (χ4n) is 1.68. The van der Waals surface area contributed by atoms with E-state index in [1.807, 2.05) is 20.0 Å². The summed E-state index contributed by atoms with van der Waals surface area (Å²) >= 11 is 0. The molecule has 0 aliphatic carbocycles. The van der Waals surface area contributed by atoms with E-state index in [-0.39, 0.29) is 4.90 Å². The van der Waals surface area contributed by atoms with E-state index < -0.39 is 10.1 Å².